The largest absolute Gasteiger partial charge is 0.304 e. The topological polar surface area (TPSA) is 47.1 Å². The molecule has 0 aromatic heterocycles. The predicted molar refractivity (Wildman–Crippen MR) is 101 cm³/mol. The Kier molecular flexibility index (Phi) is 6.26. The van der Waals surface area contributed by atoms with Gasteiger partial charge in [0.25, 0.3) is 10.2 Å². The molecule has 1 aromatic carbocycles. The van der Waals surface area contributed by atoms with E-state index in [1.807, 2.05) is 25.2 Å². The van der Waals surface area contributed by atoms with Gasteiger partial charge in [-0.25, -0.2) is 0 Å². The van der Waals surface area contributed by atoms with Gasteiger partial charge < -0.3 is 4.90 Å². The molecule has 0 saturated carbocycles. The van der Waals surface area contributed by atoms with Gasteiger partial charge >= 0.3 is 0 Å². The van der Waals surface area contributed by atoms with E-state index >= 15 is 0 Å². The number of likely N-dealkylation sites (N-methyl/N-ethyl adjacent to an activating group) is 1. The number of hydrogen-bond donors (Lipinski definition) is 0. The lowest BCUT2D eigenvalue weighted by molar-refractivity contribution is 0.165. The first-order valence-electron chi connectivity index (χ1n) is 8.47. The zero-order valence-corrected chi connectivity index (χ0v) is 16.7. The molecule has 25 heavy (non-hydrogen) atoms. The molecule has 0 atom stereocenters. The van der Waals surface area contributed by atoms with Crippen molar-refractivity contribution in [2.75, 3.05) is 59.4 Å². The first-order chi connectivity index (χ1) is 11.9. The SMILES string of the molecule is CN1CCN(S(=O)(=O)N2CCN(Cc3c(Cl)cccc3Cl)CC2)CC1. The van der Waals surface area contributed by atoms with Crippen LogP contribution in [0.2, 0.25) is 10.0 Å². The molecule has 2 saturated heterocycles. The fourth-order valence-electron chi connectivity index (χ4n) is 3.21. The van der Waals surface area contributed by atoms with Crippen molar-refractivity contribution in [1.82, 2.24) is 18.4 Å². The second-order valence-corrected chi connectivity index (χ2v) is 9.33. The van der Waals surface area contributed by atoms with E-state index in [4.69, 9.17) is 23.2 Å². The van der Waals surface area contributed by atoms with Crippen molar-refractivity contribution in [2.45, 2.75) is 6.54 Å². The lowest BCUT2D eigenvalue weighted by Gasteiger charge is -2.39. The van der Waals surface area contributed by atoms with Crippen LogP contribution in [0.25, 0.3) is 0 Å². The molecule has 1 aromatic rings. The first-order valence-corrected chi connectivity index (χ1v) is 10.6. The molecule has 0 bridgehead atoms. The van der Waals surface area contributed by atoms with Gasteiger partial charge in [-0.3, -0.25) is 4.90 Å². The number of hydrogen-bond acceptors (Lipinski definition) is 4. The van der Waals surface area contributed by atoms with Crippen molar-refractivity contribution in [3.05, 3.63) is 33.8 Å². The maximum Gasteiger partial charge on any atom is 0.282 e. The highest BCUT2D eigenvalue weighted by molar-refractivity contribution is 7.86. The quantitative estimate of drug-likeness (QED) is 0.761. The standard InChI is InChI=1S/C16H24Cl2N4O2S/c1-19-5-9-21(10-6-19)25(23,24)22-11-7-20(8-12-22)13-14-15(17)3-2-4-16(14)18/h2-4H,5-13H2,1H3. The third-order valence-electron chi connectivity index (χ3n) is 4.89. The van der Waals surface area contributed by atoms with Crippen LogP contribution in [0.3, 0.4) is 0 Å². The van der Waals surface area contributed by atoms with Crippen molar-refractivity contribution in [3.8, 4) is 0 Å². The maximum absolute atomic E-state index is 12.8. The van der Waals surface area contributed by atoms with E-state index in [1.54, 1.807) is 8.61 Å². The molecule has 6 nitrogen and oxygen atoms in total. The van der Waals surface area contributed by atoms with Gasteiger partial charge in [-0.05, 0) is 19.2 Å². The summed E-state index contributed by atoms with van der Waals surface area (Å²) in [5.41, 5.74) is 0.904. The molecule has 0 amide bonds. The molecule has 2 aliphatic heterocycles. The summed E-state index contributed by atoms with van der Waals surface area (Å²) in [6.07, 6.45) is 0. The Morgan fingerprint density at radius 1 is 0.880 bits per heavy atom. The van der Waals surface area contributed by atoms with Crippen LogP contribution in [0.4, 0.5) is 0 Å². The van der Waals surface area contributed by atoms with Crippen LogP contribution < -0.4 is 0 Å². The van der Waals surface area contributed by atoms with Crippen LogP contribution in [0.1, 0.15) is 5.56 Å². The zero-order valence-electron chi connectivity index (χ0n) is 14.4. The highest BCUT2D eigenvalue weighted by atomic mass is 35.5. The van der Waals surface area contributed by atoms with Gasteiger partial charge in [0, 0.05) is 74.5 Å². The Balaban J connectivity index is 1.58. The Labute approximate surface area is 160 Å². The highest BCUT2D eigenvalue weighted by Crippen LogP contribution is 2.26. The van der Waals surface area contributed by atoms with Crippen LogP contribution >= 0.6 is 23.2 Å². The summed E-state index contributed by atoms with van der Waals surface area (Å²) in [6, 6.07) is 5.49. The predicted octanol–water partition coefficient (Wildman–Crippen LogP) is 1.60. The summed E-state index contributed by atoms with van der Waals surface area (Å²) in [7, 11) is -1.34. The van der Waals surface area contributed by atoms with E-state index in [0.717, 1.165) is 18.7 Å². The Hall–Kier alpha value is -0.410. The maximum atomic E-state index is 12.8. The third-order valence-corrected chi connectivity index (χ3v) is 7.63. The fraction of sp³-hybridized carbons (Fsp3) is 0.625. The van der Waals surface area contributed by atoms with Gasteiger partial charge in [-0.2, -0.15) is 17.0 Å². The average molecular weight is 407 g/mol. The molecule has 0 N–H and O–H groups in total. The molecule has 0 unspecified atom stereocenters. The number of nitrogens with zero attached hydrogens (tertiary/aromatic N) is 4. The minimum Gasteiger partial charge on any atom is -0.304 e. The summed E-state index contributed by atoms with van der Waals surface area (Å²) in [6.45, 7) is 5.67. The van der Waals surface area contributed by atoms with Gasteiger partial charge in [-0.1, -0.05) is 29.3 Å². The number of piperazine rings is 2. The molecule has 140 valence electrons. The van der Waals surface area contributed by atoms with Crippen LogP contribution in [0.15, 0.2) is 18.2 Å². The summed E-state index contributed by atoms with van der Waals surface area (Å²) >= 11 is 12.5. The molecule has 0 spiro atoms. The summed E-state index contributed by atoms with van der Waals surface area (Å²) in [5.74, 6) is 0. The second kappa shape index (κ2) is 8.08. The van der Waals surface area contributed by atoms with E-state index in [0.29, 0.717) is 55.9 Å². The van der Waals surface area contributed by atoms with Gasteiger partial charge in [0.1, 0.15) is 0 Å². The van der Waals surface area contributed by atoms with Crippen molar-refractivity contribution >= 4 is 33.4 Å². The first kappa shape index (κ1) is 19.4. The molecular weight excluding hydrogens is 383 g/mol. The zero-order chi connectivity index (χ0) is 18.0. The van der Waals surface area contributed by atoms with Gasteiger partial charge in [-0.15, -0.1) is 0 Å². The van der Waals surface area contributed by atoms with Gasteiger partial charge in [0.2, 0.25) is 0 Å². The monoisotopic (exact) mass is 406 g/mol. The van der Waals surface area contributed by atoms with Crippen LogP contribution in [-0.4, -0.2) is 86.2 Å². The lowest BCUT2D eigenvalue weighted by Crippen LogP contribution is -2.56. The smallest absolute Gasteiger partial charge is 0.282 e. The van der Waals surface area contributed by atoms with Gasteiger partial charge in [0.05, 0.1) is 0 Å². The molecule has 0 radical (unpaired) electrons. The molecule has 3 rings (SSSR count). The second-order valence-electron chi connectivity index (χ2n) is 6.59. The van der Waals surface area contributed by atoms with E-state index in [9.17, 15) is 8.42 Å². The molecule has 2 aliphatic rings. The molecule has 2 fully saturated rings. The normalized spacial score (nSPS) is 22.4. The molecule has 0 aliphatic carbocycles. The van der Waals surface area contributed by atoms with E-state index < -0.39 is 10.2 Å². The van der Waals surface area contributed by atoms with E-state index in [1.165, 1.54) is 0 Å². The third kappa shape index (κ3) is 4.47. The molecular formula is C16H24Cl2N4O2S. The van der Waals surface area contributed by atoms with E-state index in [2.05, 4.69) is 9.80 Å². The van der Waals surface area contributed by atoms with Crippen molar-refractivity contribution in [1.29, 1.82) is 0 Å². The van der Waals surface area contributed by atoms with Crippen LogP contribution in [-0.2, 0) is 16.8 Å². The number of halogens is 2. The Morgan fingerprint density at radius 2 is 1.36 bits per heavy atom. The lowest BCUT2D eigenvalue weighted by atomic mass is 10.2. The molecule has 2 heterocycles. The summed E-state index contributed by atoms with van der Waals surface area (Å²) in [4.78, 5) is 4.35. The van der Waals surface area contributed by atoms with Crippen LogP contribution in [0, 0.1) is 0 Å². The number of rotatable bonds is 4. The minimum absolute atomic E-state index is 0.497. The van der Waals surface area contributed by atoms with Crippen molar-refractivity contribution in [2.24, 2.45) is 0 Å². The Bertz CT molecular complexity index is 680. The number of benzene rings is 1. The van der Waals surface area contributed by atoms with Crippen molar-refractivity contribution < 1.29 is 8.42 Å². The summed E-state index contributed by atoms with van der Waals surface area (Å²) in [5, 5.41) is 1.31. The highest BCUT2D eigenvalue weighted by Gasteiger charge is 2.33. The molecule has 9 heteroatoms. The van der Waals surface area contributed by atoms with Gasteiger partial charge in [0.15, 0.2) is 0 Å². The van der Waals surface area contributed by atoms with Crippen LogP contribution in [0.5, 0.6) is 0 Å². The fourth-order valence-corrected chi connectivity index (χ4v) is 5.30. The minimum atomic E-state index is -3.36. The van der Waals surface area contributed by atoms with E-state index in [-0.39, 0.29) is 0 Å². The average Bonchev–Trinajstić information content (AvgIpc) is 2.59. The van der Waals surface area contributed by atoms with Crippen molar-refractivity contribution in [3.63, 3.8) is 0 Å². The Morgan fingerprint density at radius 3 is 1.88 bits per heavy atom. The summed E-state index contributed by atoms with van der Waals surface area (Å²) < 4.78 is 28.8.